The molecule has 0 amide bonds. The predicted molar refractivity (Wildman–Crippen MR) is 73.9 cm³/mol. The van der Waals surface area contributed by atoms with Crippen LogP contribution >= 0.6 is 0 Å². The van der Waals surface area contributed by atoms with Crippen LogP contribution < -0.4 is 0 Å². The van der Waals surface area contributed by atoms with Crippen molar-refractivity contribution in [1.82, 2.24) is 0 Å². The molecule has 3 aliphatic carbocycles. The summed E-state index contributed by atoms with van der Waals surface area (Å²) in [4.78, 5) is 0. The first kappa shape index (κ1) is 12.1. The van der Waals surface area contributed by atoms with Gasteiger partial charge in [-0.3, -0.25) is 0 Å². The second-order valence-electron chi connectivity index (χ2n) is 7.11. The van der Waals surface area contributed by atoms with Crippen LogP contribution in [-0.4, -0.2) is 0 Å². The zero-order chi connectivity index (χ0) is 11.7. The summed E-state index contributed by atoms with van der Waals surface area (Å²) in [6.07, 6.45) is 17.1. The lowest BCUT2D eigenvalue weighted by atomic mass is 9.54. The molecule has 4 unspecified atom stereocenters. The van der Waals surface area contributed by atoms with Crippen LogP contribution in [0.5, 0.6) is 0 Å². The summed E-state index contributed by atoms with van der Waals surface area (Å²) in [6.45, 7) is 2.41. The molecular formula is C17H30. The van der Waals surface area contributed by atoms with Gasteiger partial charge >= 0.3 is 0 Å². The largest absolute Gasteiger partial charge is 0.0654 e. The fourth-order valence-corrected chi connectivity index (χ4v) is 5.65. The quantitative estimate of drug-likeness (QED) is 0.598. The molecule has 0 aliphatic heterocycles. The van der Waals surface area contributed by atoms with E-state index in [-0.39, 0.29) is 0 Å². The van der Waals surface area contributed by atoms with E-state index < -0.39 is 0 Å². The van der Waals surface area contributed by atoms with Crippen LogP contribution in [0, 0.1) is 29.6 Å². The summed E-state index contributed by atoms with van der Waals surface area (Å²) < 4.78 is 0. The summed E-state index contributed by atoms with van der Waals surface area (Å²) in [5, 5.41) is 0. The highest BCUT2D eigenvalue weighted by atomic mass is 14.5. The molecule has 98 valence electrons. The van der Waals surface area contributed by atoms with E-state index >= 15 is 0 Å². The van der Waals surface area contributed by atoms with Gasteiger partial charge < -0.3 is 0 Å². The minimum absolute atomic E-state index is 1.13. The molecule has 0 aromatic heterocycles. The average molecular weight is 234 g/mol. The molecule has 0 nitrogen and oxygen atoms in total. The maximum absolute atomic E-state index is 2.41. The molecule has 3 saturated carbocycles. The molecule has 0 aromatic rings. The average Bonchev–Trinajstić information content (AvgIpc) is 2.39. The molecule has 0 N–H and O–H groups in total. The second kappa shape index (κ2) is 5.33. The lowest BCUT2D eigenvalue weighted by Gasteiger charge is -2.51. The second-order valence-corrected chi connectivity index (χ2v) is 7.11. The Balaban J connectivity index is 1.77. The Bertz CT molecular complexity index is 222. The van der Waals surface area contributed by atoms with Gasteiger partial charge in [0.1, 0.15) is 0 Å². The van der Waals surface area contributed by atoms with E-state index in [1.165, 1.54) is 19.3 Å². The Hall–Kier alpha value is 0. The van der Waals surface area contributed by atoms with E-state index in [4.69, 9.17) is 0 Å². The number of hydrogen-bond donors (Lipinski definition) is 0. The number of rotatable bonds is 2. The van der Waals surface area contributed by atoms with E-state index in [0.29, 0.717) is 0 Å². The van der Waals surface area contributed by atoms with Crippen molar-refractivity contribution in [3.05, 3.63) is 0 Å². The molecule has 3 fully saturated rings. The Morgan fingerprint density at radius 3 is 1.82 bits per heavy atom. The third kappa shape index (κ3) is 2.29. The summed E-state index contributed by atoms with van der Waals surface area (Å²) in [5.74, 6) is 5.69. The van der Waals surface area contributed by atoms with Gasteiger partial charge in [-0.25, -0.2) is 0 Å². The highest BCUT2D eigenvalue weighted by molar-refractivity contribution is 4.94. The third-order valence-electron chi connectivity index (χ3n) is 6.26. The molecule has 0 saturated heterocycles. The summed E-state index contributed by atoms with van der Waals surface area (Å²) in [7, 11) is 0. The first-order valence-corrected chi connectivity index (χ1v) is 8.40. The van der Waals surface area contributed by atoms with Gasteiger partial charge in [-0.05, 0) is 48.9 Å². The molecule has 0 heteroatoms. The molecule has 0 bridgehead atoms. The Labute approximate surface area is 108 Å². The predicted octanol–water partition coefficient (Wildman–Crippen LogP) is 5.42. The SMILES string of the molecule is CCCC1C2CCCCC2CC2CCCCC21. The third-order valence-corrected chi connectivity index (χ3v) is 6.26. The van der Waals surface area contributed by atoms with Crippen molar-refractivity contribution in [3.8, 4) is 0 Å². The monoisotopic (exact) mass is 234 g/mol. The smallest absolute Gasteiger partial charge is 0.0352 e. The lowest BCUT2D eigenvalue weighted by molar-refractivity contribution is -0.0153. The van der Waals surface area contributed by atoms with Crippen molar-refractivity contribution >= 4 is 0 Å². The van der Waals surface area contributed by atoms with Crippen molar-refractivity contribution in [1.29, 1.82) is 0 Å². The van der Waals surface area contributed by atoms with Crippen LogP contribution in [-0.2, 0) is 0 Å². The van der Waals surface area contributed by atoms with Crippen LogP contribution in [0.25, 0.3) is 0 Å². The Morgan fingerprint density at radius 1 is 0.765 bits per heavy atom. The lowest BCUT2D eigenvalue weighted by Crippen LogP contribution is -2.42. The molecule has 4 atom stereocenters. The minimum Gasteiger partial charge on any atom is -0.0654 e. The molecule has 3 rings (SSSR count). The van der Waals surface area contributed by atoms with Crippen molar-refractivity contribution in [2.45, 2.75) is 77.6 Å². The van der Waals surface area contributed by atoms with Crippen LogP contribution in [0.3, 0.4) is 0 Å². The maximum Gasteiger partial charge on any atom is -0.0352 e. The Morgan fingerprint density at radius 2 is 1.29 bits per heavy atom. The van der Waals surface area contributed by atoms with Gasteiger partial charge in [0.05, 0.1) is 0 Å². The van der Waals surface area contributed by atoms with Gasteiger partial charge in [-0.2, -0.15) is 0 Å². The molecule has 0 heterocycles. The van der Waals surface area contributed by atoms with Crippen LogP contribution in [0.1, 0.15) is 77.6 Å². The van der Waals surface area contributed by atoms with Crippen LogP contribution in [0.15, 0.2) is 0 Å². The van der Waals surface area contributed by atoms with E-state index in [0.717, 1.165) is 29.6 Å². The fourth-order valence-electron chi connectivity index (χ4n) is 5.65. The molecule has 3 aliphatic rings. The topological polar surface area (TPSA) is 0 Å². The van der Waals surface area contributed by atoms with Gasteiger partial charge in [-0.1, -0.05) is 58.3 Å². The van der Waals surface area contributed by atoms with Crippen molar-refractivity contribution in [2.75, 3.05) is 0 Å². The van der Waals surface area contributed by atoms with Crippen molar-refractivity contribution in [2.24, 2.45) is 29.6 Å². The van der Waals surface area contributed by atoms with E-state index in [1.807, 2.05) is 0 Å². The summed E-state index contributed by atoms with van der Waals surface area (Å²) in [5.41, 5.74) is 0. The van der Waals surface area contributed by atoms with E-state index in [2.05, 4.69) is 6.92 Å². The normalized spacial score (nSPS) is 46.1. The summed E-state index contributed by atoms with van der Waals surface area (Å²) in [6, 6.07) is 0. The first-order chi connectivity index (χ1) is 8.40. The molecule has 17 heavy (non-hydrogen) atoms. The zero-order valence-electron chi connectivity index (χ0n) is 11.7. The fraction of sp³-hybridized carbons (Fsp3) is 1.00. The number of hydrogen-bond acceptors (Lipinski definition) is 0. The highest BCUT2D eigenvalue weighted by Gasteiger charge is 2.44. The Kier molecular flexibility index (Phi) is 3.78. The van der Waals surface area contributed by atoms with Gasteiger partial charge in [0, 0.05) is 0 Å². The van der Waals surface area contributed by atoms with Gasteiger partial charge in [0.25, 0.3) is 0 Å². The molecule has 0 radical (unpaired) electrons. The highest BCUT2D eigenvalue weighted by Crippen LogP contribution is 2.54. The van der Waals surface area contributed by atoms with Crippen LogP contribution in [0.2, 0.25) is 0 Å². The standard InChI is InChI=1S/C17H30/c1-2-7-17-15-10-5-3-8-13(15)12-14-9-4-6-11-16(14)17/h13-17H,2-12H2,1H3. The minimum atomic E-state index is 1.13. The zero-order valence-corrected chi connectivity index (χ0v) is 11.7. The van der Waals surface area contributed by atoms with E-state index in [1.54, 1.807) is 51.4 Å². The maximum atomic E-state index is 2.41. The summed E-state index contributed by atoms with van der Waals surface area (Å²) >= 11 is 0. The van der Waals surface area contributed by atoms with Crippen LogP contribution in [0.4, 0.5) is 0 Å². The van der Waals surface area contributed by atoms with Crippen molar-refractivity contribution < 1.29 is 0 Å². The van der Waals surface area contributed by atoms with E-state index in [9.17, 15) is 0 Å². The number of fused-ring (bicyclic) bond motifs is 2. The molecule has 0 aromatic carbocycles. The van der Waals surface area contributed by atoms with Gasteiger partial charge in [-0.15, -0.1) is 0 Å². The van der Waals surface area contributed by atoms with Gasteiger partial charge in [0.15, 0.2) is 0 Å². The first-order valence-electron chi connectivity index (χ1n) is 8.40. The molecule has 0 spiro atoms. The van der Waals surface area contributed by atoms with Gasteiger partial charge in [0.2, 0.25) is 0 Å². The van der Waals surface area contributed by atoms with Crippen molar-refractivity contribution in [3.63, 3.8) is 0 Å². The molecular weight excluding hydrogens is 204 g/mol.